The lowest BCUT2D eigenvalue weighted by Gasteiger charge is -2.48. The number of nitrogens with one attached hydrogen (secondary N) is 2. The molecule has 2 aliphatic heterocycles. The Hall–Kier alpha value is -3.52. The second-order valence-corrected chi connectivity index (χ2v) is 10.2. The molecule has 4 aromatic rings. The van der Waals surface area contributed by atoms with Gasteiger partial charge in [0, 0.05) is 39.9 Å². The van der Waals surface area contributed by atoms with E-state index < -0.39 is 0 Å². The number of aromatic amines is 1. The molecule has 2 atom stereocenters. The summed E-state index contributed by atoms with van der Waals surface area (Å²) in [5.41, 5.74) is 4.36. The lowest BCUT2D eigenvalue weighted by molar-refractivity contribution is 0.133. The molecule has 2 aliphatic rings. The van der Waals surface area contributed by atoms with Crippen molar-refractivity contribution < 1.29 is 9.47 Å². The van der Waals surface area contributed by atoms with E-state index in [1.807, 2.05) is 30.3 Å². The van der Waals surface area contributed by atoms with Crippen molar-refractivity contribution in [2.24, 2.45) is 5.92 Å². The summed E-state index contributed by atoms with van der Waals surface area (Å²) in [6, 6.07) is 16.5. The fraction of sp³-hybridized carbons (Fsp3) is 0.269. The number of methoxy groups -OCH3 is 1. The van der Waals surface area contributed by atoms with Crippen molar-refractivity contribution in [2.45, 2.75) is 35.4 Å². The van der Waals surface area contributed by atoms with Crippen molar-refractivity contribution in [1.82, 2.24) is 20.2 Å². The normalized spacial score (nSPS) is 19.7. The van der Waals surface area contributed by atoms with Gasteiger partial charge in [-0.25, -0.2) is 4.98 Å². The summed E-state index contributed by atoms with van der Waals surface area (Å²) in [7, 11) is 1.72. The predicted octanol–water partition coefficient (Wildman–Crippen LogP) is 5.48. The Kier molecular flexibility index (Phi) is 4.99. The largest absolute Gasteiger partial charge is 0.496 e. The van der Waals surface area contributed by atoms with E-state index in [9.17, 15) is 0 Å². The van der Waals surface area contributed by atoms with Crippen LogP contribution in [0.5, 0.6) is 11.5 Å². The Balaban J connectivity index is 1.32. The molecule has 0 radical (unpaired) electrons. The van der Waals surface area contributed by atoms with Gasteiger partial charge in [-0.05, 0) is 59.8 Å². The molecule has 7 nitrogen and oxygen atoms in total. The number of aromatic nitrogens is 4. The van der Waals surface area contributed by atoms with Crippen molar-refractivity contribution in [3.05, 3.63) is 72.1 Å². The standard InChI is InChI=1S/C26H25N5O2S/c1-26(2)17-13-16(34-25-29-24(30-31-25)15-9-11-27-12-10-15)7-8-19(17)28-23-18(26)14-33-21-6-4-5-20(32-3)22(21)23/h4-13,18,23,28H,14H2,1-3H3,(H,29,30,31)/t18-,23-/m0/s1. The number of rotatable bonds is 4. The summed E-state index contributed by atoms with van der Waals surface area (Å²) in [6.45, 7) is 5.26. The van der Waals surface area contributed by atoms with E-state index in [1.165, 1.54) is 5.56 Å². The van der Waals surface area contributed by atoms with Gasteiger partial charge in [0.15, 0.2) is 5.82 Å². The molecular formula is C26H25N5O2S. The predicted molar refractivity (Wildman–Crippen MR) is 132 cm³/mol. The number of pyridine rings is 1. The summed E-state index contributed by atoms with van der Waals surface area (Å²) in [5, 5.41) is 11.9. The number of ether oxygens (including phenoxy) is 2. The first-order valence-corrected chi connectivity index (χ1v) is 12.1. The highest BCUT2D eigenvalue weighted by Crippen LogP contribution is 2.54. The first kappa shape index (κ1) is 21.0. The molecule has 0 saturated carbocycles. The Bertz CT molecular complexity index is 1340. The maximum atomic E-state index is 6.20. The number of hydrogen-bond acceptors (Lipinski definition) is 7. The van der Waals surface area contributed by atoms with Gasteiger partial charge in [-0.1, -0.05) is 19.9 Å². The first-order chi connectivity index (χ1) is 16.5. The maximum Gasteiger partial charge on any atom is 0.213 e. The zero-order valence-corrected chi connectivity index (χ0v) is 20.0. The molecule has 0 saturated heterocycles. The van der Waals surface area contributed by atoms with Crippen LogP contribution in [0, 0.1) is 5.92 Å². The van der Waals surface area contributed by atoms with Crippen LogP contribution >= 0.6 is 11.8 Å². The van der Waals surface area contributed by atoms with Crippen molar-refractivity contribution in [1.29, 1.82) is 0 Å². The van der Waals surface area contributed by atoms with Crippen molar-refractivity contribution in [2.75, 3.05) is 19.0 Å². The number of benzene rings is 2. The fourth-order valence-electron chi connectivity index (χ4n) is 5.06. The Morgan fingerprint density at radius 2 is 1.97 bits per heavy atom. The third-order valence-electron chi connectivity index (χ3n) is 6.93. The molecule has 2 N–H and O–H groups in total. The second-order valence-electron chi connectivity index (χ2n) is 9.15. The average molecular weight is 472 g/mol. The van der Waals surface area contributed by atoms with Gasteiger partial charge in [0.05, 0.1) is 25.3 Å². The third-order valence-corrected chi connectivity index (χ3v) is 7.78. The third kappa shape index (κ3) is 3.40. The van der Waals surface area contributed by atoms with Crippen LogP contribution in [0.4, 0.5) is 5.69 Å². The molecule has 0 spiro atoms. The van der Waals surface area contributed by atoms with Gasteiger partial charge in [0.1, 0.15) is 11.5 Å². The van der Waals surface area contributed by atoms with E-state index in [-0.39, 0.29) is 17.4 Å². The Morgan fingerprint density at radius 1 is 1.12 bits per heavy atom. The summed E-state index contributed by atoms with van der Waals surface area (Å²) in [6.07, 6.45) is 3.50. The monoisotopic (exact) mass is 471 g/mol. The van der Waals surface area contributed by atoms with Gasteiger partial charge in [0.25, 0.3) is 0 Å². The zero-order chi connectivity index (χ0) is 23.3. The minimum Gasteiger partial charge on any atom is -0.496 e. The van der Waals surface area contributed by atoms with Crippen molar-refractivity contribution in [3.63, 3.8) is 0 Å². The lowest BCUT2D eigenvalue weighted by atomic mass is 9.65. The molecule has 6 rings (SSSR count). The molecule has 2 aromatic heterocycles. The fourth-order valence-corrected chi connectivity index (χ4v) is 5.81. The molecular weight excluding hydrogens is 446 g/mol. The van der Waals surface area contributed by atoms with Gasteiger partial charge in [-0.15, -0.1) is 5.10 Å². The second kappa shape index (κ2) is 8.06. The highest BCUT2D eigenvalue weighted by Gasteiger charge is 2.47. The zero-order valence-electron chi connectivity index (χ0n) is 19.2. The summed E-state index contributed by atoms with van der Waals surface area (Å²) in [4.78, 5) is 9.81. The van der Waals surface area contributed by atoms with E-state index in [2.05, 4.69) is 57.5 Å². The Morgan fingerprint density at radius 3 is 2.79 bits per heavy atom. The van der Waals surface area contributed by atoms with Crippen LogP contribution in [0.1, 0.15) is 31.0 Å². The molecule has 8 heteroatoms. The number of anilines is 1. The molecule has 2 aromatic carbocycles. The van der Waals surface area contributed by atoms with Gasteiger partial charge in [-0.3, -0.25) is 10.1 Å². The SMILES string of the molecule is COc1cccc2c1[C@H]1Nc3ccc(Sc4n[nH]c(-c5ccncc5)n4)cc3C(C)(C)[C@H]1CO2. The molecule has 0 aliphatic carbocycles. The molecule has 0 amide bonds. The quantitative estimate of drug-likeness (QED) is 0.408. The average Bonchev–Trinajstić information content (AvgIpc) is 3.33. The number of H-pyrrole nitrogens is 1. The summed E-state index contributed by atoms with van der Waals surface area (Å²) in [5.74, 6) is 2.75. The summed E-state index contributed by atoms with van der Waals surface area (Å²) < 4.78 is 11.9. The van der Waals surface area contributed by atoms with Gasteiger partial charge >= 0.3 is 0 Å². The molecule has 0 bridgehead atoms. The highest BCUT2D eigenvalue weighted by atomic mass is 32.2. The van der Waals surface area contributed by atoms with Gasteiger partial charge < -0.3 is 14.8 Å². The van der Waals surface area contributed by atoms with Crippen LogP contribution < -0.4 is 14.8 Å². The lowest BCUT2D eigenvalue weighted by Crippen LogP contribution is -2.46. The number of hydrogen-bond donors (Lipinski definition) is 2. The molecule has 34 heavy (non-hydrogen) atoms. The summed E-state index contributed by atoms with van der Waals surface area (Å²) >= 11 is 1.55. The number of nitrogens with zero attached hydrogens (tertiary/aromatic N) is 3. The van der Waals surface area contributed by atoms with E-state index in [0.717, 1.165) is 39.0 Å². The number of fused-ring (bicyclic) bond motifs is 4. The van der Waals surface area contributed by atoms with Crippen LogP contribution in [0.3, 0.4) is 0 Å². The van der Waals surface area contributed by atoms with Crippen molar-refractivity contribution >= 4 is 17.4 Å². The van der Waals surface area contributed by atoms with E-state index in [4.69, 9.17) is 9.47 Å². The van der Waals surface area contributed by atoms with Crippen molar-refractivity contribution in [3.8, 4) is 22.9 Å². The highest BCUT2D eigenvalue weighted by molar-refractivity contribution is 7.99. The molecule has 0 fully saturated rings. The smallest absolute Gasteiger partial charge is 0.213 e. The van der Waals surface area contributed by atoms with Crippen LogP contribution in [0.15, 0.2) is 71.0 Å². The Labute approximate surface area is 202 Å². The van der Waals surface area contributed by atoms with E-state index >= 15 is 0 Å². The topological polar surface area (TPSA) is 85.0 Å². The van der Waals surface area contributed by atoms with Crippen LogP contribution in [-0.2, 0) is 5.41 Å². The van der Waals surface area contributed by atoms with Gasteiger partial charge in [0.2, 0.25) is 5.16 Å². The van der Waals surface area contributed by atoms with Crippen LogP contribution in [0.25, 0.3) is 11.4 Å². The molecule has 4 heterocycles. The maximum absolute atomic E-state index is 6.20. The van der Waals surface area contributed by atoms with Crippen LogP contribution in [-0.4, -0.2) is 33.9 Å². The molecule has 0 unspecified atom stereocenters. The minimum atomic E-state index is -0.110. The first-order valence-electron chi connectivity index (χ1n) is 11.3. The van der Waals surface area contributed by atoms with E-state index in [0.29, 0.717) is 11.8 Å². The van der Waals surface area contributed by atoms with Gasteiger partial charge in [-0.2, -0.15) is 0 Å². The molecule has 172 valence electrons. The van der Waals surface area contributed by atoms with Crippen LogP contribution in [0.2, 0.25) is 0 Å². The minimum absolute atomic E-state index is 0.110. The van der Waals surface area contributed by atoms with E-state index in [1.54, 1.807) is 31.3 Å².